The summed E-state index contributed by atoms with van der Waals surface area (Å²) in [6.45, 7) is 0. The minimum Gasteiger partial charge on any atom is -0.455 e. The quantitative estimate of drug-likeness (QED) is 0.199. The normalized spacial score (nSPS) is 11.8. The van der Waals surface area contributed by atoms with Crippen molar-refractivity contribution in [2.45, 2.75) is 0 Å². The fourth-order valence-electron chi connectivity index (χ4n) is 6.62. The molecule has 0 amide bonds. The SMILES string of the molecule is c1ccc(-c2nc(-c3cccc4c3oc3ccccc34)nc(-c3cccc4c3c3ccccc3n4-c3nc4ccccc4o3)n2)cc1. The largest absolute Gasteiger partial charge is 0.455 e. The van der Waals surface area contributed by atoms with Gasteiger partial charge < -0.3 is 8.83 Å². The van der Waals surface area contributed by atoms with Gasteiger partial charge in [-0.25, -0.2) is 15.0 Å². The fourth-order valence-corrected chi connectivity index (χ4v) is 6.62. The Kier molecular flexibility index (Phi) is 5.44. The monoisotopic (exact) mass is 605 g/mol. The molecule has 220 valence electrons. The Hall–Kier alpha value is -6.60. The number of nitrogens with zero attached hydrogens (tertiary/aromatic N) is 5. The van der Waals surface area contributed by atoms with Gasteiger partial charge in [0.05, 0.1) is 16.6 Å². The summed E-state index contributed by atoms with van der Waals surface area (Å²) in [6.07, 6.45) is 0. The van der Waals surface area contributed by atoms with Crippen LogP contribution >= 0.6 is 0 Å². The van der Waals surface area contributed by atoms with Gasteiger partial charge in [0.2, 0.25) is 0 Å². The van der Waals surface area contributed by atoms with Gasteiger partial charge in [0.25, 0.3) is 0 Å². The second-order valence-electron chi connectivity index (χ2n) is 11.5. The zero-order valence-electron chi connectivity index (χ0n) is 24.8. The maximum Gasteiger partial charge on any atom is 0.307 e. The van der Waals surface area contributed by atoms with Crippen LogP contribution in [0.15, 0.2) is 148 Å². The third kappa shape index (κ3) is 3.93. The average Bonchev–Trinajstić information content (AvgIpc) is 3.83. The molecule has 47 heavy (non-hydrogen) atoms. The lowest BCUT2D eigenvalue weighted by atomic mass is 10.0. The smallest absolute Gasteiger partial charge is 0.307 e. The van der Waals surface area contributed by atoms with Crippen molar-refractivity contribution in [3.8, 4) is 40.2 Å². The standard InChI is InChI=1S/C40H23N5O2/c1-2-12-24(13-3-1)37-42-38(44-39(43-37)29-18-10-16-26-25-14-5-8-22-33(25)46-36(26)29)28-17-11-21-32-35(28)27-15-4-7-20-31(27)45(32)40-41-30-19-6-9-23-34(30)47-40/h1-23H. The average molecular weight is 606 g/mol. The van der Waals surface area contributed by atoms with E-state index in [1.165, 1.54) is 0 Å². The maximum atomic E-state index is 6.41. The summed E-state index contributed by atoms with van der Waals surface area (Å²) >= 11 is 0. The predicted molar refractivity (Wildman–Crippen MR) is 185 cm³/mol. The second kappa shape index (κ2) is 9.95. The molecule has 10 rings (SSSR count). The van der Waals surface area contributed by atoms with Gasteiger partial charge >= 0.3 is 6.01 Å². The van der Waals surface area contributed by atoms with Gasteiger partial charge in [0.15, 0.2) is 23.1 Å². The number of oxazole rings is 1. The third-order valence-corrected chi connectivity index (χ3v) is 8.73. The molecule has 0 saturated heterocycles. The summed E-state index contributed by atoms with van der Waals surface area (Å²) in [7, 11) is 0. The van der Waals surface area contributed by atoms with Crippen LogP contribution in [0.3, 0.4) is 0 Å². The van der Waals surface area contributed by atoms with E-state index in [2.05, 4.69) is 41.0 Å². The minimum absolute atomic E-state index is 0.507. The first-order valence-electron chi connectivity index (χ1n) is 15.4. The lowest BCUT2D eigenvalue weighted by Crippen LogP contribution is -2.01. The van der Waals surface area contributed by atoms with Crippen LogP contribution in [-0.4, -0.2) is 24.5 Å². The summed E-state index contributed by atoms with van der Waals surface area (Å²) in [5.74, 6) is 1.68. The van der Waals surface area contributed by atoms with E-state index >= 15 is 0 Å². The van der Waals surface area contributed by atoms with Gasteiger partial charge in [0, 0.05) is 32.7 Å². The molecule has 0 unspecified atom stereocenters. The summed E-state index contributed by atoms with van der Waals surface area (Å²) in [4.78, 5) is 20.1. The molecule has 7 nitrogen and oxygen atoms in total. The molecule has 0 radical (unpaired) electrons. The van der Waals surface area contributed by atoms with Crippen LogP contribution in [0.25, 0.3) is 95.0 Å². The van der Waals surface area contributed by atoms with E-state index in [1.807, 2.05) is 103 Å². The number of hydrogen-bond donors (Lipinski definition) is 0. The number of aromatic nitrogens is 5. The number of para-hydroxylation sites is 5. The first-order chi connectivity index (χ1) is 23.3. The number of furan rings is 1. The summed E-state index contributed by atoms with van der Waals surface area (Å²) in [5, 5.41) is 4.12. The molecule has 0 saturated carbocycles. The number of hydrogen-bond acceptors (Lipinski definition) is 6. The number of benzene rings is 6. The summed E-state index contributed by atoms with van der Waals surface area (Å²) < 4.78 is 14.8. The second-order valence-corrected chi connectivity index (χ2v) is 11.5. The molecule has 0 bridgehead atoms. The van der Waals surface area contributed by atoms with Crippen molar-refractivity contribution in [3.63, 3.8) is 0 Å². The predicted octanol–water partition coefficient (Wildman–Crippen LogP) is 10.0. The van der Waals surface area contributed by atoms with E-state index in [-0.39, 0.29) is 0 Å². The van der Waals surface area contributed by atoms with Crippen LogP contribution in [0.1, 0.15) is 0 Å². The van der Waals surface area contributed by atoms with Crippen molar-refractivity contribution in [1.82, 2.24) is 24.5 Å². The van der Waals surface area contributed by atoms with Crippen LogP contribution in [0.2, 0.25) is 0 Å². The van der Waals surface area contributed by atoms with Gasteiger partial charge in [-0.3, -0.25) is 4.57 Å². The zero-order valence-corrected chi connectivity index (χ0v) is 24.8. The lowest BCUT2D eigenvalue weighted by molar-refractivity contribution is 0.574. The maximum absolute atomic E-state index is 6.41. The first kappa shape index (κ1) is 25.7. The van der Waals surface area contributed by atoms with E-state index in [0.717, 1.165) is 71.5 Å². The van der Waals surface area contributed by atoms with Gasteiger partial charge in [-0.2, -0.15) is 4.98 Å². The molecule has 4 heterocycles. The third-order valence-electron chi connectivity index (χ3n) is 8.73. The van der Waals surface area contributed by atoms with Crippen molar-refractivity contribution < 1.29 is 8.83 Å². The highest BCUT2D eigenvalue weighted by atomic mass is 16.4. The Labute approximate surface area is 267 Å². The topological polar surface area (TPSA) is 82.8 Å². The highest BCUT2D eigenvalue weighted by Crippen LogP contribution is 2.40. The molecule has 0 fully saturated rings. The molecule has 0 aliphatic rings. The van der Waals surface area contributed by atoms with E-state index in [4.69, 9.17) is 28.8 Å². The van der Waals surface area contributed by atoms with Gasteiger partial charge in [0.1, 0.15) is 16.7 Å². The molecule has 0 atom stereocenters. The van der Waals surface area contributed by atoms with Crippen molar-refractivity contribution in [2.75, 3.05) is 0 Å². The molecule has 6 aromatic carbocycles. The van der Waals surface area contributed by atoms with Crippen molar-refractivity contribution >= 4 is 54.8 Å². The van der Waals surface area contributed by atoms with Gasteiger partial charge in [-0.1, -0.05) is 103 Å². The molecule has 0 N–H and O–H groups in total. The number of rotatable bonds is 4. The molecule has 7 heteroatoms. The van der Waals surface area contributed by atoms with Crippen molar-refractivity contribution in [3.05, 3.63) is 140 Å². The summed E-state index contributed by atoms with van der Waals surface area (Å²) in [5.41, 5.74) is 7.61. The summed E-state index contributed by atoms with van der Waals surface area (Å²) in [6, 6.07) is 47.0. The van der Waals surface area contributed by atoms with Crippen LogP contribution in [0.4, 0.5) is 0 Å². The van der Waals surface area contributed by atoms with Crippen molar-refractivity contribution in [2.24, 2.45) is 0 Å². The highest BCUT2D eigenvalue weighted by molar-refractivity contribution is 6.15. The van der Waals surface area contributed by atoms with Crippen LogP contribution in [-0.2, 0) is 0 Å². The van der Waals surface area contributed by atoms with Gasteiger partial charge in [-0.15, -0.1) is 0 Å². The van der Waals surface area contributed by atoms with E-state index in [0.29, 0.717) is 23.5 Å². The van der Waals surface area contributed by atoms with Crippen LogP contribution < -0.4 is 0 Å². The Morgan fingerprint density at radius 2 is 1.06 bits per heavy atom. The molecule has 0 aliphatic heterocycles. The van der Waals surface area contributed by atoms with E-state index < -0.39 is 0 Å². The lowest BCUT2D eigenvalue weighted by Gasteiger charge is -2.10. The van der Waals surface area contributed by atoms with E-state index in [9.17, 15) is 0 Å². The first-order valence-corrected chi connectivity index (χ1v) is 15.4. The fraction of sp³-hybridized carbons (Fsp3) is 0. The van der Waals surface area contributed by atoms with Crippen LogP contribution in [0.5, 0.6) is 0 Å². The Balaban J connectivity index is 1.26. The Morgan fingerprint density at radius 3 is 1.94 bits per heavy atom. The molecular weight excluding hydrogens is 582 g/mol. The Bertz CT molecular complexity index is 2780. The molecule has 0 aliphatic carbocycles. The van der Waals surface area contributed by atoms with E-state index in [1.54, 1.807) is 0 Å². The molecular formula is C40H23N5O2. The molecule has 4 aromatic heterocycles. The highest BCUT2D eigenvalue weighted by Gasteiger charge is 2.22. The van der Waals surface area contributed by atoms with Crippen LogP contribution in [0, 0.1) is 0 Å². The molecule has 10 aromatic rings. The zero-order chi connectivity index (χ0) is 30.9. The Morgan fingerprint density at radius 1 is 0.426 bits per heavy atom. The van der Waals surface area contributed by atoms with Crippen molar-refractivity contribution in [1.29, 1.82) is 0 Å². The number of fused-ring (bicyclic) bond motifs is 7. The van der Waals surface area contributed by atoms with Gasteiger partial charge in [-0.05, 0) is 36.4 Å². The molecule has 0 spiro atoms. The minimum atomic E-state index is 0.507.